The van der Waals surface area contributed by atoms with Crippen molar-refractivity contribution in [2.75, 3.05) is 24.3 Å². The number of allylic oxidation sites excluding steroid dienone is 2. The van der Waals surface area contributed by atoms with Crippen LogP contribution in [0.5, 0.6) is 5.75 Å². The molecule has 0 saturated heterocycles. The van der Waals surface area contributed by atoms with Crippen LogP contribution < -0.4 is 16.0 Å². The number of aliphatic hydroxyl groups excluding tert-OH is 2. The molecule has 0 spiro atoms. The van der Waals surface area contributed by atoms with E-state index in [0.717, 1.165) is 0 Å². The Bertz CT molecular complexity index is 1500. The molecule has 11 heteroatoms. The van der Waals surface area contributed by atoms with Gasteiger partial charge in [0.15, 0.2) is 11.4 Å². The van der Waals surface area contributed by atoms with Crippen molar-refractivity contribution < 1.29 is 34.8 Å². The van der Waals surface area contributed by atoms with E-state index in [1.807, 2.05) is 25.1 Å². The summed E-state index contributed by atoms with van der Waals surface area (Å²) in [5.74, 6) is -7.24. The van der Waals surface area contributed by atoms with Crippen LogP contribution in [0.25, 0.3) is 0 Å². The number of primary amides is 1. The fourth-order valence-corrected chi connectivity index (χ4v) is 6.56. The summed E-state index contributed by atoms with van der Waals surface area (Å²) in [5, 5.41) is 48.4. The highest BCUT2D eigenvalue weighted by Gasteiger charge is 2.62. The van der Waals surface area contributed by atoms with Crippen molar-refractivity contribution in [3.8, 4) is 5.75 Å². The van der Waals surface area contributed by atoms with Crippen LogP contribution in [0.1, 0.15) is 41.3 Å². The number of fused-ring (bicyclic) bond motifs is 3. The van der Waals surface area contributed by atoms with Gasteiger partial charge in [-0.3, -0.25) is 19.4 Å². The van der Waals surface area contributed by atoms with Crippen LogP contribution in [-0.2, 0) is 22.6 Å². The Kier molecular flexibility index (Phi) is 6.57. The van der Waals surface area contributed by atoms with Gasteiger partial charge in [0.1, 0.15) is 22.8 Å². The molecule has 0 radical (unpaired) electrons. The second-order valence-corrected chi connectivity index (χ2v) is 10.8. The van der Waals surface area contributed by atoms with Gasteiger partial charge in [0.25, 0.3) is 5.91 Å². The van der Waals surface area contributed by atoms with E-state index in [0.29, 0.717) is 22.5 Å². The normalized spacial score (nSPS) is 25.8. The molecular weight excluding hydrogens is 516 g/mol. The molecule has 1 aromatic heterocycles. The van der Waals surface area contributed by atoms with Gasteiger partial charge in [-0.1, -0.05) is 6.92 Å². The molecule has 0 saturated carbocycles. The Balaban J connectivity index is 1.65. The zero-order valence-electron chi connectivity index (χ0n) is 22.4. The van der Waals surface area contributed by atoms with Gasteiger partial charge in [-0.25, -0.2) is 0 Å². The maximum atomic E-state index is 14.0. The Hall–Kier alpha value is -4.38. The number of amides is 1. The zero-order chi connectivity index (χ0) is 29.1. The standard InChI is InChI=1S/C29H32N4O7/c1-4-16-18-9-13-8-17-19(33(2)3)10-14(11-32-15-6-5-7-31-12-15)23(34)21(17)25(36)20(13)26(37)29(18,40)27(38)22(24(16)35)28(30)39/h5-7,10,12-13,16,18,32,34-35,37,40H,4,8-9,11H2,1-3H3,(H2,30,39)/t13-,16?,18-,29-/m0/s1. The summed E-state index contributed by atoms with van der Waals surface area (Å²) < 4.78 is 0. The van der Waals surface area contributed by atoms with Gasteiger partial charge in [0, 0.05) is 61.7 Å². The fraction of sp³-hybridized carbons (Fsp3) is 0.379. The number of carbonyl (C=O) groups is 3. The molecule has 1 aromatic carbocycles. The number of benzene rings is 1. The van der Waals surface area contributed by atoms with E-state index in [1.165, 1.54) is 0 Å². The maximum Gasteiger partial charge on any atom is 0.255 e. The first-order chi connectivity index (χ1) is 18.9. The van der Waals surface area contributed by atoms with Crippen LogP contribution in [0, 0.1) is 17.8 Å². The number of phenols is 1. The van der Waals surface area contributed by atoms with Crippen LogP contribution in [-0.4, -0.2) is 62.6 Å². The minimum atomic E-state index is -2.62. The van der Waals surface area contributed by atoms with Gasteiger partial charge in [0.05, 0.1) is 11.3 Å². The lowest BCUT2D eigenvalue weighted by Gasteiger charge is -2.48. The monoisotopic (exact) mass is 548 g/mol. The lowest BCUT2D eigenvalue weighted by molar-refractivity contribution is -0.148. The topological polar surface area (TPSA) is 186 Å². The molecule has 5 rings (SSSR count). The first kappa shape index (κ1) is 27.2. The van der Waals surface area contributed by atoms with Crippen molar-refractivity contribution >= 4 is 28.8 Å². The molecule has 11 nitrogen and oxygen atoms in total. The molecule has 1 heterocycles. The van der Waals surface area contributed by atoms with Gasteiger partial charge in [-0.05, 0) is 48.9 Å². The van der Waals surface area contributed by atoms with Gasteiger partial charge in [-0.2, -0.15) is 0 Å². The summed E-state index contributed by atoms with van der Waals surface area (Å²) in [7, 11) is 3.64. The first-order valence-electron chi connectivity index (χ1n) is 13.1. The maximum absolute atomic E-state index is 14.0. The van der Waals surface area contributed by atoms with Gasteiger partial charge in [0.2, 0.25) is 5.78 Å². The highest BCUT2D eigenvalue weighted by atomic mass is 16.3. The average molecular weight is 549 g/mol. The smallest absolute Gasteiger partial charge is 0.255 e. The number of carbonyl (C=O) groups excluding carboxylic acids is 3. The second-order valence-electron chi connectivity index (χ2n) is 10.8. The molecule has 0 aliphatic heterocycles. The van der Waals surface area contributed by atoms with E-state index in [9.17, 15) is 34.8 Å². The Morgan fingerprint density at radius 2 is 1.98 bits per heavy atom. The predicted octanol–water partition coefficient (Wildman–Crippen LogP) is 2.29. The number of aromatic nitrogens is 1. The van der Waals surface area contributed by atoms with E-state index in [4.69, 9.17) is 5.73 Å². The van der Waals surface area contributed by atoms with E-state index in [1.54, 1.807) is 31.5 Å². The largest absolute Gasteiger partial charge is 0.511 e. The number of phenolic OH excluding ortho intramolecular Hbond substituents is 1. The van der Waals surface area contributed by atoms with Gasteiger partial charge < -0.3 is 36.4 Å². The summed E-state index contributed by atoms with van der Waals surface area (Å²) in [6.07, 6.45) is 3.83. The average Bonchev–Trinajstić information content (AvgIpc) is 2.90. The Morgan fingerprint density at radius 1 is 1.25 bits per heavy atom. The van der Waals surface area contributed by atoms with Crippen molar-refractivity contribution in [1.82, 2.24) is 4.98 Å². The summed E-state index contributed by atoms with van der Waals surface area (Å²) in [6.45, 7) is 1.89. The Labute approximate surface area is 230 Å². The zero-order valence-corrected chi connectivity index (χ0v) is 22.4. The first-order valence-corrected chi connectivity index (χ1v) is 13.1. The fourth-order valence-electron chi connectivity index (χ4n) is 6.56. The highest BCUT2D eigenvalue weighted by Crippen LogP contribution is 2.54. The number of nitrogens with two attached hydrogens (primary N) is 1. The van der Waals surface area contributed by atoms with Crippen LogP contribution >= 0.6 is 0 Å². The summed E-state index contributed by atoms with van der Waals surface area (Å²) >= 11 is 0. The van der Waals surface area contributed by atoms with Crippen LogP contribution in [0.4, 0.5) is 11.4 Å². The number of Topliss-reactive ketones (excluding diaryl/α,β-unsaturated/α-hetero) is 2. The van der Waals surface area contributed by atoms with Crippen LogP contribution in [0.2, 0.25) is 0 Å². The molecule has 0 bridgehead atoms. The molecule has 40 heavy (non-hydrogen) atoms. The minimum absolute atomic E-state index is 0.0159. The summed E-state index contributed by atoms with van der Waals surface area (Å²) in [5.41, 5.74) is 4.19. The number of aromatic hydroxyl groups is 1. The lowest BCUT2D eigenvalue weighted by atomic mass is 9.56. The van der Waals surface area contributed by atoms with Crippen LogP contribution in [0.15, 0.2) is 53.3 Å². The van der Waals surface area contributed by atoms with E-state index in [-0.39, 0.29) is 42.7 Å². The molecule has 4 atom stereocenters. The number of anilines is 2. The predicted molar refractivity (Wildman–Crippen MR) is 146 cm³/mol. The van der Waals surface area contributed by atoms with Crippen LogP contribution in [0.3, 0.4) is 0 Å². The lowest BCUT2D eigenvalue weighted by Crippen LogP contribution is -2.59. The van der Waals surface area contributed by atoms with E-state index >= 15 is 0 Å². The third-order valence-electron chi connectivity index (χ3n) is 8.46. The van der Waals surface area contributed by atoms with E-state index < -0.39 is 57.9 Å². The molecule has 3 aliphatic carbocycles. The number of hydrogen-bond donors (Lipinski definition) is 6. The number of hydrogen-bond acceptors (Lipinski definition) is 10. The molecule has 7 N–H and O–H groups in total. The summed E-state index contributed by atoms with van der Waals surface area (Å²) in [6, 6.07) is 5.37. The van der Waals surface area contributed by atoms with Crippen molar-refractivity contribution in [2.45, 2.75) is 38.3 Å². The SMILES string of the molecule is CCC1C(O)=C(C(N)=O)C(=O)[C@@]2(O)C(O)=C3C(=O)c4c(O)c(CNc5cccnc5)cc(N(C)C)c4C[C@H]3C[C@@H]12. The van der Waals surface area contributed by atoms with Crippen molar-refractivity contribution in [1.29, 1.82) is 0 Å². The molecule has 1 amide bonds. The quantitative estimate of drug-likeness (QED) is 0.293. The van der Waals surface area contributed by atoms with E-state index in [2.05, 4.69) is 10.3 Å². The number of aliphatic hydroxyl groups is 3. The number of rotatable bonds is 6. The number of pyridine rings is 1. The number of ketones is 2. The number of nitrogens with one attached hydrogen (secondary N) is 1. The molecular formula is C29H32N4O7. The van der Waals surface area contributed by atoms with Gasteiger partial charge in [-0.15, -0.1) is 0 Å². The van der Waals surface area contributed by atoms with Crippen molar-refractivity contribution in [2.24, 2.45) is 23.5 Å². The third-order valence-corrected chi connectivity index (χ3v) is 8.46. The summed E-state index contributed by atoms with van der Waals surface area (Å²) in [4.78, 5) is 45.4. The molecule has 3 aliphatic rings. The highest BCUT2D eigenvalue weighted by molar-refractivity contribution is 6.24. The molecule has 2 aromatic rings. The number of nitrogens with zero attached hydrogens (tertiary/aromatic N) is 2. The molecule has 210 valence electrons. The second kappa shape index (κ2) is 9.67. The van der Waals surface area contributed by atoms with Crippen molar-refractivity contribution in [3.05, 3.63) is 69.9 Å². The Morgan fingerprint density at radius 3 is 2.58 bits per heavy atom. The van der Waals surface area contributed by atoms with Crippen molar-refractivity contribution in [3.63, 3.8) is 0 Å². The van der Waals surface area contributed by atoms with Gasteiger partial charge >= 0.3 is 0 Å². The third kappa shape index (κ3) is 3.83. The minimum Gasteiger partial charge on any atom is -0.511 e. The molecule has 1 unspecified atom stereocenters. The molecule has 0 fully saturated rings.